The number of carbonyl (C=O) groups is 3. The second kappa shape index (κ2) is 6.63. The molecule has 1 aromatic carbocycles. The number of piperidine rings is 1. The molecule has 6 nitrogen and oxygen atoms in total. The standard InChI is InChI=1S/C18H22N2O4/c1-11-10-14(11)16(21)19-13-7-5-12(6-8-13)17(22)20-9-3-2-4-15(20)18(23)24/h5-8,11,14-15H,2-4,9-10H2,1H3,(H,19,21)(H,23,24)/t11?,14?,15-/m1/s1. The molecule has 1 heterocycles. The van der Waals surface area contributed by atoms with E-state index < -0.39 is 12.0 Å². The summed E-state index contributed by atoms with van der Waals surface area (Å²) in [4.78, 5) is 37.3. The lowest BCUT2D eigenvalue weighted by Crippen LogP contribution is -2.47. The molecule has 1 aromatic rings. The monoisotopic (exact) mass is 330 g/mol. The Labute approximate surface area is 140 Å². The molecule has 6 heteroatoms. The Morgan fingerprint density at radius 3 is 2.42 bits per heavy atom. The number of nitrogens with one attached hydrogen (secondary N) is 1. The van der Waals surface area contributed by atoms with Crippen molar-refractivity contribution in [3.63, 3.8) is 0 Å². The Bertz CT molecular complexity index is 655. The van der Waals surface area contributed by atoms with Gasteiger partial charge in [-0.2, -0.15) is 0 Å². The van der Waals surface area contributed by atoms with Gasteiger partial charge >= 0.3 is 5.97 Å². The number of rotatable bonds is 4. The van der Waals surface area contributed by atoms with E-state index in [-0.39, 0.29) is 17.7 Å². The summed E-state index contributed by atoms with van der Waals surface area (Å²) in [5.41, 5.74) is 1.10. The predicted molar refractivity (Wildman–Crippen MR) is 88.7 cm³/mol. The topological polar surface area (TPSA) is 86.7 Å². The van der Waals surface area contributed by atoms with Crippen molar-refractivity contribution < 1.29 is 19.5 Å². The highest BCUT2D eigenvalue weighted by Crippen LogP contribution is 2.38. The van der Waals surface area contributed by atoms with Crippen molar-refractivity contribution in [2.24, 2.45) is 11.8 Å². The van der Waals surface area contributed by atoms with Gasteiger partial charge in [-0.05, 0) is 55.9 Å². The molecule has 2 aliphatic rings. The molecule has 0 bridgehead atoms. The fourth-order valence-electron chi connectivity index (χ4n) is 3.22. The average molecular weight is 330 g/mol. The molecular formula is C18H22N2O4. The van der Waals surface area contributed by atoms with E-state index in [0.717, 1.165) is 19.3 Å². The minimum Gasteiger partial charge on any atom is -0.480 e. The van der Waals surface area contributed by atoms with E-state index in [1.54, 1.807) is 24.3 Å². The van der Waals surface area contributed by atoms with E-state index in [9.17, 15) is 19.5 Å². The summed E-state index contributed by atoms with van der Waals surface area (Å²) < 4.78 is 0. The second-order valence-corrected chi connectivity index (χ2v) is 6.73. The number of amides is 2. The van der Waals surface area contributed by atoms with Crippen molar-refractivity contribution in [2.75, 3.05) is 11.9 Å². The number of hydrogen-bond acceptors (Lipinski definition) is 3. The maximum atomic E-state index is 12.6. The zero-order chi connectivity index (χ0) is 17.3. The van der Waals surface area contributed by atoms with Crippen LogP contribution in [0.1, 0.15) is 43.0 Å². The van der Waals surface area contributed by atoms with Crippen LogP contribution in [0.15, 0.2) is 24.3 Å². The molecule has 24 heavy (non-hydrogen) atoms. The molecule has 1 saturated carbocycles. The molecule has 0 radical (unpaired) electrons. The lowest BCUT2D eigenvalue weighted by molar-refractivity contribution is -0.143. The molecule has 128 valence electrons. The van der Waals surface area contributed by atoms with Crippen LogP contribution in [0.3, 0.4) is 0 Å². The quantitative estimate of drug-likeness (QED) is 0.887. The van der Waals surface area contributed by atoms with Crippen LogP contribution in [0.25, 0.3) is 0 Å². The normalized spacial score (nSPS) is 25.9. The van der Waals surface area contributed by atoms with Gasteiger partial charge in [0.2, 0.25) is 5.91 Å². The first-order valence-corrected chi connectivity index (χ1v) is 8.42. The average Bonchev–Trinajstić information content (AvgIpc) is 3.32. The molecule has 1 saturated heterocycles. The SMILES string of the molecule is CC1CC1C(=O)Nc1ccc(C(=O)N2CCCC[C@@H]2C(=O)O)cc1. The van der Waals surface area contributed by atoms with Crippen molar-refractivity contribution >= 4 is 23.5 Å². The van der Waals surface area contributed by atoms with Crippen molar-refractivity contribution in [1.29, 1.82) is 0 Å². The van der Waals surface area contributed by atoms with Gasteiger partial charge in [-0.25, -0.2) is 4.79 Å². The number of aliphatic carboxylic acids is 1. The van der Waals surface area contributed by atoms with E-state index >= 15 is 0 Å². The first-order chi connectivity index (χ1) is 11.5. The zero-order valence-electron chi connectivity index (χ0n) is 13.7. The molecule has 1 aliphatic carbocycles. The van der Waals surface area contributed by atoms with Crippen LogP contribution in [-0.4, -0.2) is 40.4 Å². The molecule has 2 unspecified atom stereocenters. The van der Waals surface area contributed by atoms with E-state index in [1.165, 1.54) is 4.90 Å². The van der Waals surface area contributed by atoms with Crippen LogP contribution in [0.2, 0.25) is 0 Å². The summed E-state index contributed by atoms with van der Waals surface area (Å²) in [7, 11) is 0. The third kappa shape index (κ3) is 3.42. The van der Waals surface area contributed by atoms with Crippen LogP contribution in [0, 0.1) is 11.8 Å². The number of benzene rings is 1. The Morgan fingerprint density at radius 1 is 1.17 bits per heavy atom. The van der Waals surface area contributed by atoms with E-state index in [0.29, 0.717) is 30.1 Å². The largest absolute Gasteiger partial charge is 0.480 e. The third-order valence-corrected chi connectivity index (χ3v) is 4.89. The third-order valence-electron chi connectivity index (χ3n) is 4.89. The van der Waals surface area contributed by atoms with Gasteiger partial charge in [0.05, 0.1) is 0 Å². The minimum absolute atomic E-state index is 0.0172. The smallest absolute Gasteiger partial charge is 0.326 e. The van der Waals surface area contributed by atoms with E-state index in [2.05, 4.69) is 5.32 Å². The number of anilines is 1. The van der Waals surface area contributed by atoms with Crippen LogP contribution < -0.4 is 5.32 Å². The zero-order valence-corrected chi connectivity index (χ0v) is 13.7. The molecule has 0 aromatic heterocycles. The summed E-state index contributed by atoms with van der Waals surface area (Å²) >= 11 is 0. The van der Waals surface area contributed by atoms with Crippen LogP contribution in [0.4, 0.5) is 5.69 Å². The number of hydrogen-bond donors (Lipinski definition) is 2. The van der Waals surface area contributed by atoms with Crippen molar-refractivity contribution in [1.82, 2.24) is 4.90 Å². The lowest BCUT2D eigenvalue weighted by Gasteiger charge is -2.33. The summed E-state index contributed by atoms with van der Waals surface area (Å²) in [6, 6.07) is 5.92. The first kappa shape index (κ1) is 16.5. The summed E-state index contributed by atoms with van der Waals surface area (Å²) in [6.45, 7) is 2.51. The molecule has 0 spiro atoms. The Morgan fingerprint density at radius 2 is 1.83 bits per heavy atom. The molecule has 3 rings (SSSR count). The van der Waals surface area contributed by atoms with Crippen molar-refractivity contribution in [3.05, 3.63) is 29.8 Å². The van der Waals surface area contributed by atoms with E-state index in [1.807, 2.05) is 6.92 Å². The number of nitrogens with zero attached hydrogens (tertiary/aromatic N) is 1. The maximum absolute atomic E-state index is 12.6. The van der Waals surface area contributed by atoms with Gasteiger partial charge in [-0.1, -0.05) is 6.92 Å². The van der Waals surface area contributed by atoms with Crippen LogP contribution >= 0.6 is 0 Å². The van der Waals surface area contributed by atoms with Gasteiger partial charge in [0, 0.05) is 23.7 Å². The molecule has 2 fully saturated rings. The second-order valence-electron chi connectivity index (χ2n) is 6.73. The molecule has 2 N–H and O–H groups in total. The highest BCUT2D eigenvalue weighted by molar-refractivity contribution is 5.98. The first-order valence-electron chi connectivity index (χ1n) is 8.42. The summed E-state index contributed by atoms with van der Waals surface area (Å²) in [6.07, 6.45) is 3.07. The Kier molecular flexibility index (Phi) is 4.55. The van der Waals surface area contributed by atoms with Gasteiger partial charge in [0.15, 0.2) is 0 Å². The highest BCUT2D eigenvalue weighted by atomic mass is 16.4. The van der Waals surface area contributed by atoms with Gasteiger partial charge < -0.3 is 15.3 Å². The predicted octanol–water partition coefficient (Wildman–Crippen LogP) is 2.36. The lowest BCUT2D eigenvalue weighted by atomic mass is 10.0. The van der Waals surface area contributed by atoms with Gasteiger partial charge in [-0.15, -0.1) is 0 Å². The molecule has 3 atom stereocenters. The van der Waals surface area contributed by atoms with E-state index in [4.69, 9.17) is 0 Å². The van der Waals surface area contributed by atoms with Crippen LogP contribution in [-0.2, 0) is 9.59 Å². The number of likely N-dealkylation sites (tertiary alicyclic amines) is 1. The summed E-state index contributed by atoms with van der Waals surface area (Å²) in [5.74, 6) is -0.668. The highest BCUT2D eigenvalue weighted by Gasteiger charge is 2.39. The molecular weight excluding hydrogens is 308 g/mol. The number of carbonyl (C=O) groups excluding carboxylic acids is 2. The number of carboxylic acids is 1. The van der Waals surface area contributed by atoms with Gasteiger partial charge in [-0.3, -0.25) is 9.59 Å². The minimum atomic E-state index is -0.953. The molecule has 2 amide bonds. The number of carboxylic acid groups (broad SMARTS) is 1. The van der Waals surface area contributed by atoms with Crippen molar-refractivity contribution in [2.45, 2.75) is 38.6 Å². The summed E-state index contributed by atoms with van der Waals surface area (Å²) in [5, 5.41) is 12.1. The Hall–Kier alpha value is -2.37. The van der Waals surface area contributed by atoms with Crippen LogP contribution in [0.5, 0.6) is 0 Å². The van der Waals surface area contributed by atoms with Crippen molar-refractivity contribution in [3.8, 4) is 0 Å². The fraction of sp³-hybridized carbons (Fsp3) is 0.500. The Balaban J connectivity index is 1.67. The molecule has 1 aliphatic heterocycles. The van der Waals surface area contributed by atoms with Gasteiger partial charge in [0.1, 0.15) is 6.04 Å². The fourth-order valence-corrected chi connectivity index (χ4v) is 3.22. The van der Waals surface area contributed by atoms with Gasteiger partial charge in [0.25, 0.3) is 5.91 Å². The maximum Gasteiger partial charge on any atom is 0.326 e.